The normalized spacial score (nSPS) is 11.3. The van der Waals surface area contributed by atoms with E-state index in [0.717, 1.165) is 17.4 Å². The van der Waals surface area contributed by atoms with E-state index < -0.39 is 0 Å². The first-order chi connectivity index (χ1) is 5.75. The van der Waals surface area contributed by atoms with Crippen LogP contribution in [0.5, 0.6) is 0 Å². The fourth-order valence-corrected chi connectivity index (χ4v) is 1.21. The monoisotopic (exact) mass is 160 g/mol. The van der Waals surface area contributed by atoms with Crippen LogP contribution in [0, 0.1) is 6.92 Å². The van der Waals surface area contributed by atoms with Crippen molar-refractivity contribution in [2.45, 2.75) is 13.8 Å². The van der Waals surface area contributed by atoms with Crippen LogP contribution < -0.4 is 0 Å². The summed E-state index contributed by atoms with van der Waals surface area (Å²) in [4.78, 5) is 10.2. The van der Waals surface area contributed by atoms with Crippen molar-refractivity contribution in [1.82, 2.24) is 0 Å². The van der Waals surface area contributed by atoms with Gasteiger partial charge in [0, 0.05) is 0 Å². The first-order valence-corrected chi connectivity index (χ1v) is 3.94. The molecule has 0 spiro atoms. The van der Waals surface area contributed by atoms with E-state index in [1.807, 2.05) is 38.1 Å². The Balaban J connectivity index is 3.10. The first-order valence-electron chi connectivity index (χ1n) is 3.94. The molecule has 0 saturated heterocycles. The van der Waals surface area contributed by atoms with Crippen molar-refractivity contribution < 1.29 is 4.79 Å². The van der Waals surface area contributed by atoms with Gasteiger partial charge in [-0.05, 0) is 36.6 Å². The average molecular weight is 160 g/mol. The maximum absolute atomic E-state index is 10.2. The summed E-state index contributed by atoms with van der Waals surface area (Å²) in [6.45, 7) is 3.98. The lowest BCUT2D eigenvalue weighted by molar-refractivity contribution is -0.104. The third-order valence-electron chi connectivity index (χ3n) is 1.89. The second-order valence-corrected chi connectivity index (χ2v) is 2.80. The highest BCUT2D eigenvalue weighted by Gasteiger charge is 1.97. The predicted octanol–water partition coefficient (Wildman–Crippen LogP) is 2.60. The Morgan fingerprint density at radius 2 is 2.00 bits per heavy atom. The fourth-order valence-electron chi connectivity index (χ4n) is 1.21. The molecule has 0 unspecified atom stereocenters. The van der Waals surface area contributed by atoms with Gasteiger partial charge in [-0.3, -0.25) is 4.79 Å². The van der Waals surface area contributed by atoms with Crippen LogP contribution in [0.25, 0.3) is 5.57 Å². The molecule has 1 aromatic rings. The summed E-state index contributed by atoms with van der Waals surface area (Å²) >= 11 is 0. The smallest absolute Gasteiger partial charge is 0.143 e. The maximum Gasteiger partial charge on any atom is 0.143 e. The van der Waals surface area contributed by atoms with Crippen LogP contribution in [0.1, 0.15) is 18.1 Å². The van der Waals surface area contributed by atoms with Gasteiger partial charge in [-0.15, -0.1) is 0 Å². The van der Waals surface area contributed by atoms with Gasteiger partial charge in [0.2, 0.25) is 0 Å². The minimum absolute atomic E-state index is 0.821. The molecule has 62 valence electrons. The largest absolute Gasteiger partial charge is 0.299 e. The van der Waals surface area contributed by atoms with Crippen LogP contribution in [0.3, 0.4) is 0 Å². The molecule has 0 atom stereocenters. The molecule has 0 aliphatic rings. The third-order valence-corrected chi connectivity index (χ3v) is 1.89. The quantitative estimate of drug-likeness (QED) is 0.480. The number of allylic oxidation sites excluding steroid dienone is 2. The number of rotatable bonds is 2. The van der Waals surface area contributed by atoms with Crippen molar-refractivity contribution in [2.24, 2.45) is 0 Å². The van der Waals surface area contributed by atoms with Gasteiger partial charge in [-0.1, -0.05) is 24.3 Å². The lowest BCUT2D eigenvalue weighted by Crippen LogP contribution is -1.84. The topological polar surface area (TPSA) is 17.1 Å². The summed E-state index contributed by atoms with van der Waals surface area (Å²) in [5.74, 6) is 0. The highest BCUT2D eigenvalue weighted by Crippen LogP contribution is 2.16. The van der Waals surface area contributed by atoms with Gasteiger partial charge in [0.05, 0.1) is 0 Å². The molecule has 0 bridgehead atoms. The van der Waals surface area contributed by atoms with Gasteiger partial charge in [0.15, 0.2) is 0 Å². The van der Waals surface area contributed by atoms with E-state index in [-0.39, 0.29) is 0 Å². The van der Waals surface area contributed by atoms with E-state index in [2.05, 4.69) is 0 Å². The standard InChI is InChI=1S/C11H12O/c1-9-5-3-4-6-11(9)10(2)7-8-12/h3-8H,1-2H3. The Hall–Kier alpha value is -1.37. The highest BCUT2D eigenvalue weighted by atomic mass is 16.1. The number of aldehydes is 1. The van der Waals surface area contributed by atoms with Crippen LogP contribution in [0.2, 0.25) is 0 Å². The lowest BCUT2D eigenvalue weighted by atomic mass is 10.0. The van der Waals surface area contributed by atoms with Gasteiger partial charge in [-0.25, -0.2) is 0 Å². The zero-order valence-electron chi connectivity index (χ0n) is 7.37. The van der Waals surface area contributed by atoms with E-state index >= 15 is 0 Å². The number of benzene rings is 1. The Labute approximate surface area is 72.7 Å². The molecule has 0 radical (unpaired) electrons. The number of carbonyl (C=O) groups excluding carboxylic acids is 1. The Bertz CT molecular complexity index is 311. The zero-order chi connectivity index (χ0) is 8.97. The van der Waals surface area contributed by atoms with E-state index in [1.54, 1.807) is 6.08 Å². The van der Waals surface area contributed by atoms with Gasteiger partial charge >= 0.3 is 0 Å². The summed E-state index contributed by atoms with van der Waals surface area (Å²) in [6, 6.07) is 8.03. The summed E-state index contributed by atoms with van der Waals surface area (Å²) in [5, 5.41) is 0. The Morgan fingerprint density at radius 3 is 2.58 bits per heavy atom. The zero-order valence-corrected chi connectivity index (χ0v) is 7.37. The minimum Gasteiger partial charge on any atom is -0.299 e. The van der Waals surface area contributed by atoms with Gasteiger partial charge in [0.1, 0.15) is 6.29 Å². The predicted molar refractivity (Wildman–Crippen MR) is 50.9 cm³/mol. The summed E-state index contributed by atoms with van der Waals surface area (Å²) < 4.78 is 0. The molecular weight excluding hydrogens is 148 g/mol. The average Bonchev–Trinajstić information content (AvgIpc) is 2.05. The SMILES string of the molecule is CC(=CC=O)c1ccccc1C. The second kappa shape index (κ2) is 3.86. The molecule has 0 N–H and O–H groups in total. The van der Waals surface area contributed by atoms with Crippen molar-refractivity contribution in [1.29, 1.82) is 0 Å². The van der Waals surface area contributed by atoms with Gasteiger partial charge in [0.25, 0.3) is 0 Å². The molecule has 0 aliphatic carbocycles. The highest BCUT2D eigenvalue weighted by molar-refractivity contribution is 5.81. The lowest BCUT2D eigenvalue weighted by Gasteiger charge is -2.03. The molecule has 0 fully saturated rings. The van der Waals surface area contributed by atoms with Gasteiger partial charge in [-0.2, -0.15) is 0 Å². The van der Waals surface area contributed by atoms with Crippen molar-refractivity contribution >= 4 is 11.9 Å². The number of aryl methyl sites for hydroxylation is 1. The first kappa shape index (κ1) is 8.72. The van der Waals surface area contributed by atoms with Crippen molar-refractivity contribution in [3.63, 3.8) is 0 Å². The molecule has 12 heavy (non-hydrogen) atoms. The van der Waals surface area contributed by atoms with Crippen LogP contribution in [0.15, 0.2) is 30.3 Å². The van der Waals surface area contributed by atoms with Crippen LogP contribution in [-0.2, 0) is 4.79 Å². The number of carbonyl (C=O) groups is 1. The second-order valence-electron chi connectivity index (χ2n) is 2.80. The van der Waals surface area contributed by atoms with Gasteiger partial charge < -0.3 is 0 Å². The summed E-state index contributed by atoms with van der Waals surface area (Å²) in [7, 11) is 0. The van der Waals surface area contributed by atoms with Crippen LogP contribution >= 0.6 is 0 Å². The maximum atomic E-state index is 10.2. The Kier molecular flexibility index (Phi) is 2.81. The summed E-state index contributed by atoms with van der Waals surface area (Å²) in [6.07, 6.45) is 2.41. The van der Waals surface area contributed by atoms with Crippen LogP contribution in [0.4, 0.5) is 0 Å². The van der Waals surface area contributed by atoms with Crippen molar-refractivity contribution in [2.75, 3.05) is 0 Å². The third kappa shape index (κ3) is 1.82. The Morgan fingerprint density at radius 1 is 1.33 bits per heavy atom. The molecule has 1 heteroatoms. The molecule has 1 rings (SSSR count). The molecule has 0 aromatic heterocycles. The van der Waals surface area contributed by atoms with E-state index in [9.17, 15) is 4.79 Å². The molecule has 1 aromatic carbocycles. The number of hydrogen-bond acceptors (Lipinski definition) is 1. The van der Waals surface area contributed by atoms with Crippen molar-refractivity contribution in [3.05, 3.63) is 41.5 Å². The number of hydrogen-bond donors (Lipinski definition) is 0. The molecule has 0 heterocycles. The molecule has 0 amide bonds. The molecular formula is C11H12O. The van der Waals surface area contributed by atoms with E-state index in [0.29, 0.717) is 0 Å². The van der Waals surface area contributed by atoms with E-state index in [4.69, 9.17) is 0 Å². The van der Waals surface area contributed by atoms with Crippen molar-refractivity contribution in [3.8, 4) is 0 Å². The summed E-state index contributed by atoms with van der Waals surface area (Å²) in [5.41, 5.74) is 3.36. The molecule has 0 saturated carbocycles. The van der Waals surface area contributed by atoms with E-state index in [1.165, 1.54) is 5.56 Å². The van der Waals surface area contributed by atoms with Crippen LogP contribution in [-0.4, -0.2) is 6.29 Å². The molecule has 0 aliphatic heterocycles. The molecule has 1 nitrogen and oxygen atoms in total. The fraction of sp³-hybridized carbons (Fsp3) is 0.182. The minimum atomic E-state index is 0.821.